The van der Waals surface area contributed by atoms with E-state index in [1.165, 1.54) is 11.3 Å². The lowest BCUT2D eigenvalue weighted by molar-refractivity contribution is -0.146. The lowest BCUT2D eigenvalue weighted by Crippen LogP contribution is -2.46. The first-order chi connectivity index (χ1) is 15.5. The van der Waals surface area contributed by atoms with Gasteiger partial charge in [-0.2, -0.15) is 0 Å². The SMILES string of the molecule is C[C@@H](C(=O)Nc1nc2ccc(Oc3ccccc3)cc2s1)N1C(=O)[C@@H]2CC=CC[C@H]2C1=O. The number of rotatable bonds is 5. The van der Waals surface area contributed by atoms with Gasteiger partial charge in [0, 0.05) is 6.07 Å². The number of ether oxygens (including phenoxy) is 1. The van der Waals surface area contributed by atoms with Crippen LogP contribution in [0.15, 0.2) is 60.7 Å². The summed E-state index contributed by atoms with van der Waals surface area (Å²) in [6.45, 7) is 1.58. The van der Waals surface area contributed by atoms with E-state index >= 15 is 0 Å². The predicted molar refractivity (Wildman–Crippen MR) is 121 cm³/mol. The van der Waals surface area contributed by atoms with Crippen molar-refractivity contribution in [2.24, 2.45) is 11.8 Å². The van der Waals surface area contributed by atoms with E-state index in [1.807, 2.05) is 60.7 Å². The molecule has 7 nitrogen and oxygen atoms in total. The molecule has 0 radical (unpaired) electrons. The van der Waals surface area contributed by atoms with Gasteiger partial charge < -0.3 is 10.1 Å². The van der Waals surface area contributed by atoms with E-state index in [1.54, 1.807) is 6.92 Å². The van der Waals surface area contributed by atoms with Gasteiger partial charge in [0.25, 0.3) is 0 Å². The Labute approximate surface area is 188 Å². The third-order valence-corrected chi connectivity index (χ3v) is 6.81. The predicted octanol–water partition coefficient (Wildman–Crippen LogP) is 4.37. The van der Waals surface area contributed by atoms with Gasteiger partial charge in [-0.3, -0.25) is 19.3 Å². The molecule has 0 saturated carbocycles. The summed E-state index contributed by atoms with van der Waals surface area (Å²) >= 11 is 1.31. The quantitative estimate of drug-likeness (QED) is 0.464. The minimum atomic E-state index is -0.899. The Balaban J connectivity index is 1.30. The molecule has 0 unspecified atom stereocenters. The summed E-state index contributed by atoms with van der Waals surface area (Å²) in [5.74, 6) is -0.268. The second-order valence-corrected chi connectivity index (χ2v) is 8.96. The summed E-state index contributed by atoms with van der Waals surface area (Å²) in [7, 11) is 0. The molecule has 32 heavy (non-hydrogen) atoms. The molecule has 2 aliphatic rings. The summed E-state index contributed by atoms with van der Waals surface area (Å²) in [6.07, 6.45) is 4.95. The Morgan fingerprint density at radius 2 is 1.75 bits per heavy atom. The number of imide groups is 1. The lowest BCUT2D eigenvalue weighted by Gasteiger charge is -2.21. The van der Waals surface area contributed by atoms with Crippen LogP contribution in [0.1, 0.15) is 19.8 Å². The van der Waals surface area contributed by atoms with Crippen molar-refractivity contribution < 1.29 is 19.1 Å². The van der Waals surface area contributed by atoms with Crippen LogP contribution < -0.4 is 10.1 Å². The van der Waals surface area contributed by atoms with Gasteiger partial charge in [-0.1, -0.05) is 41.7 Å². The Kier molecular flexibility index (Phi) is 5.22. The molecule has 3 amide bonds. The van der Waals surface area contributed by atoms with E-state index in [-0.39, 0.29) is 23.7 Å². The molecule has 1 aromatic heterocycles. The van der Waals surface area contributed by atoms with Crippen LogP contribution in [0.2, 0.25) is 0 Å². The van der Waals surface area contributed by atoms with E-state index in [0.717, 1.165) is 20.9 Å². The third-order valence-electron chi connectivity index (χ3n) is 5.88. The van der Waals surface area contributed by atoms with Crippen LogP contribution in [0.3, 0.4) is 0 Å². The van der Waals surface area contributed by atoms with Gasteiger partial charge in [0.2, 0.25) is 17.7 Å². The zero-order valence-corrected chi connectivity index (χ0v) is 18.2. The molecule has 3 aromatic rings. The minimum absolute atomic E-state index is 0.265. The van der Waals surface area contributed by atoms with E-state index in [0.29, 0.717) is 23.7 Å². The average molecular weight is 448 g/mol. The second kappa shape index (κ2) is 8.20. The number of fused-ring (bicyclic) bond motifs is 2. The molecule has 162 valence electrons. The second-order valence-electron chi connectivity index (χ2n) is 7.93. The molecule has 0 spiro atoms. The summed E-state index contributed by atoms with van der Waals surface area (Å²) in [6, 6.07) is 14.1. The van der Waals surface area contributed by atoms with Crippen molar-refractivity contribution in [3.8, 4) is 11.5 Å². The van der Waals surface area contributed by atoms with Crippen molar-refractivity contribution >= 4 is 44.4 Å². The standard InChI is InChI=1S/C24H21N3O4S/c1-14(27-22(29)17-9-5-6-10-18(17)23(27)30)21(28)26-24-25-19-12-11-16(13-20(19)32-24)31-15-7-3-2-4-8-15/h2-8,11-14,17-18H,9-10H2,1H3,(H,25,26,28)/t14-,17+,18+/m0/s1. The number of para-hydroxylation sites is 1. The zero-order chi connectivity index (χ0) is 22.2. The smallest absolute Gasteiger partial charge is 0.249 e. The highest BCUT2D eigenvalue weighted by Crippen LogP contribution is 2.36. The first-order valence-corrected chi connectivity index (χ1v) is 11.3. The fourth-order valence-corrected chi connectivity index (χ4v) is 5.08. The monoisotopic (exact) mass is 447 g/mol. The first-order valence-electron chi connectivity index (χ1n) is 10.5. The summed E-state index contributed by atoms with van der Waals surface area (Å²) in [5.41, 5.74) is 0.726. The van der Waals surface area contributed by atoms with Crippen molar-refractivity contribution in [3.63, 3.8) is 0 Å². The van der Waals surface area contributed by atoms with Crippen molar-refractivity contribution in [2.45, 2.75) is 25.8 Å². The van der Waals surface area contributed by atoms with E-state index in [9.17, 15) is 14.4 Å². The maximum Gasteiger partial charge on any atom is 0.249 e. The van der Waals surface area contributed by atoms with Gasteiger partial charge in [0.1, 0.15) is 17.5 Å². The number of anilines is 1. The van der Waals surface area contributed by atoms with Gasteiger partial charge >= 0.3 is 0 Å². The molecule has 1 saturated heterocycles. The van der Waals surface area contributed by atoms with Gasteiger partial charge in [0.15, 0.2) is 5.13 Å². The Morgan fingerprint density at radius 1 is 1.06 bits per heavy atom. The molecule has 1 N–H and O–H groups in total. The number of hydrogen-bond donors (Lipinski definition) is 1. The van der Waals surface area contributed by atoms with Crippen molar-refractivity contribution in [2.75, 3.05) is 5.32 Å². The van der Waals surface area contributed by atoms with Gasteiger partial charge in [-0.05, 0) is 44.0 Å². The van der Waals surface area contributed by atoms with Crippen LogP contribution in [0, 0.1) is 11.8 Å². The molecule has 5 rings (SSSR count). The summed E-state index contributed by atoms with van der Waals surface area (Å²) < 4.78 is 6.71. The molecule has 8 heteroatoms. The van der Waals surface area contributed by atoms with Crippen molar-refractivity contribution in [3.05, 3.63) is 60.7 Å². The summed E-state index contributed by atoms with van der Waals surface area (Å²) in [4.78, 5) is 43.9. The van der Waals surface area contributed by atoms with Gasteiger partial charge in [-0.25, -0.2) is 4.98 Å². The van der Waals surface area contributed by atoms with E-state index in [2.05, 4.69) is 10.3 Å². The number of aromatic nitrogens is 1. The maximum atomic E-state index is 12.9. The number of hydrogen-bond acceptors (Lipinski definition) is 6. The number of thiazole rings is 1. The number of carbonyl (C=O) groups excluding carboxylic acids is 3. The minimum Gasteiger partial charge on any atom is -0.457 e. The zero-order valence-electron chi connectivity index (χ0n) is 17.4. The van der Waals surface area contributed by atoms with E-state index in [4.69, 9.17) is 4.74 Å². The van der Waals surface area contributed by atoms with E-state index < -0.39 is 11.9 Å². The Hall–Kier alpha value is -3.52. The number of nitrogens with zero attached hydrogens (tertiary/aromatic N) is 2. The number of nitrogens with one attached hydrogen (secondary N) is 1. The van der Waals surface area contributed by atoms with Crippen molar-refractivity contribution in [1.82, 2.24) is 9.88 Å². The molecule has 2 aromatic carbocycles. The molecular weight excluding hydrogens is 426 g/mol. The fraction of sp³-hybridized carbons (Fsp3) is 0.250. The number of allylic oxidation sites excluding steroid dienone is 2. The molecule has 2 heterocycles. The first kappa shape index (κ1) is 20.4. The highest BCUT2D eigenvalue weighted by molar-refractivity contribution is 7.22. The highest BCUT2D eigenvalue weighted by Gasteiger charge is 2.50. The number of benzene rings is 2. The van der Waals surface area contributed by atoms with Crippen LogP contribution in [0.5, 0.6) is 11.5 Å². The summed E-state index contributed by atoms with van der Waals surface area (Å²) in [5, 5.41) is 3.17. The fourth-order valence-electron chi connectivity index (χ4n) is 4.18. The molecule has 1 fully saturated rings. The van der Waals surface area contributed by atoms with Crippen LogP contribution in [0.4, 0.5) is 5.13 Å². The van der Waals surface area contributed by atoms with Crippen molar-refractivity contribution in [1.29, 1.82) is 0 Å². The largest absolute Gasteiger partial charge is 0.457 e. The topological polar surface area (TPSA) is 88.6 Å². The molecule has 1 aliphatic carbocycles. The number of likely N-dealkylation sites (tertiary alicyclic amines) is 1. The lowest BCUT2D eigenvalue weighted by atomic mass is 9.85. The highest BCUT2D eigenvalue weighted by atomic mass is 32.1. The van der Waals surface area contributed by atoms with Crippen LogP contribution >= 0.6 is 11.3 Å². The number of amides is 3. The Morgan fingerprint density at radius 3 is 2.44 bits per heavy atom. The van der Waals surface area contributed by atoms with Gasteiger partial charge in [-0.15, -0.1) is 0 Å². The molecule has 1 aliphatic heterocycles. The third kappa shape index (κ3) is 3.67. The number of carbonyl (C=O) groups is 3. The van der Waals surface area contributed by atoms with Gasteiger partial charge in [0.05, 0.1) is 22.1 Å². The molecular formula is C24H21N3O4S. The Bertz CT molecular complexity index is 1210. The molecule has 0 bridgehead atoms. The van der Waals surface area contributed by atoms with Crippen LogP contribution in [-0.4, -0.2) is 33.6 Å². The molecule has 3 atom stereocenters. The average Bonchev–Trinajstić information content (AvgIpc) is 3.31. The maximum absolute atomic E-state index is 12.9. The van der Waals surface area contributed by atoms with Crippen LogP contribution in [0.25, 0.3) is 10.2 Å². The van der Waals surface area contributed by atoms with Crippen LogP contribution in [-0.2, 0) is 14.4 Å². The normalized spacial score (nSPS) is 21.0.